The molecule has 1 aromatic carbocycles. The fourth-order valence-electron chi connectivity index (χ4n) is 3.27. The smallest absolute Gasteiger partial charge is 0.134 e. The summed E-state index contributed by atoms with van der Waals surface area (Å²) >= 11 is 5.89. The number of rotatable bonds is 8. The van der Waals surface area contributed by atoms with Gasteiger partial charge in [0.05, 0.1) is 13.2 Å². The van der Waals surface area contributed by atoms with Crippen LogP contribution >= 0.6 is 11.6 Å². The number of aliphatic hydroxyl groups is 1. The van der Waals surface area contributed by atoms with Gasteiger partial charge >= 0.3 is 0 Å². The maximum absolute atomic E-state index is 11.0. The Bertz CT molecular complexity index is 476. The molecule has 0 spiro atoms. The predicted octanol–water partition coefficient (Wildman–Crippen LogP) is 3.75. The molecule has 1 aliphatic heterocycles. The molecular formula is C19H30ClNO3. The lowest BCUT2D eigenvalue weighted by Crippen LogP contribution is -2.51. The minimum atomic E-state index is -0.990. The van der Waals surface area contributed by atoms with Crippen LogP contribution in [-0.4, -0.2) is 54.6 Å². The van der Waals surface area contributed by atoms with Gasteiger partial charge in [-0.05, 0) is 37.1 Å². The number of nitrogens with zero attached hydrogens (tertiary/aromatic N) is 1. The van der Waals surface area contributed by atoms with Crippen molar-refractivity contribution in [2.75, 3.05) is 32.9 Å². The van der Waals surface area contributed by atoms with Gasteiger partial charge in [0.2, 0.25) is 0 Å². The highest BCUT2D eigenvalue weighted by atomic mass is 35.5. The maximum atomic E-state index is 11.0. The van der Waals surface area contributed by atoms with E-state index in [-0.39, 0.29) is 6.61 Å². The molecule has 1 aliphatic rings. The summed E-state index contributed by atoms with van der Waals surface area (Å²) in [7, 11) is 0. The second-order valence-electron chi connectivity index (χ2n) is 6.72. The zero-order chi connectivity index (χ0) is 17.4. The Labute approximate surface area is 150 Å². The van der Waals surface area contributed by atoms with Gasteiger partial charge in [0.25, 0.3) is 0 Å². The van der Waals surface area contributed by atoms with Gasteiger partial charge in [0.1, 0.15) is 18.0 Å². The molecule has 24 heavy (non-hydrogen) atoms. The normalized spacial score (nSPS) is 22.5. The topological polar surface area (TPSA) is 41.9 Å². The van der Waals surface area contributed by atoms with Gasteiger partial charge < -0.3 is 14.6 Å². The van der Waals surface area contributed by atoms with Gasteiger partial charge in [-0.3, -0.25) is 4.90 Å². The third kappa shape index (κ3) is 5.92. The summed E-state index contributed by atoms with van der Waals surface area (Å²) in [4.78, 5) is 2.38. The van der Waals surface area contributed by atoms with E-state index in [4.69, 9.17) is 21.1 Å². The summed E-state index contributed by atoms with van der Waals surface area (Å²) < 4.78 is 11.5. The van der Waals surface area contributed by atoms with Gasteiger partial charge in [-0.2, -0.15) is 0 Å². The van der Waals surface area contributed by atoms with Crippen molar-refractivity contribution in [2.45, 2.75) is 51.2 Å². The SMILES string of the molecule is CCCC(CCC)N1CCOC[C@](O)(COc2ccc(Cl)cc2)C1. The Balaban J connectivity index is 1.99. The van der Waals surface area contributed by atoms with Crippen molar-refractivity contribution in [3.8, 4) is 5.75 Å². The average Bonchev–Trinajstić information content (AvgIpc) is 2.76. The first kappa shape index (κ1) is 19.5. The van der Waals surface area contributed by atoms with Gasteiger partial charge in [-0.15, -0.1) is 0 Å². The van der Waals surface area contributed by atoms with Crippen LogP contribution in [0.25, 0.3) is 0 Å². The van der Waals surface area contributed by atoms with Crippen LogP contribution < -0.4 is 4.74 Å². The van der Waals surface area contributed by atoms with E-state index in [1.54, 1.807) is 12.1 Å². The molecule has 1 aromatic rings. The number of hydrogen-bond donors (Lipinski definition) is 1. The highest BCUT2D eigenvalue weighted by Crippen LogP contribution is 2.22. The van der Waals surface area contributed by atoms with Crippen molar-refractivity contribution >= 4 is 11.6 Å². The van der Waals surface area contributed by atoms with E-state index >= 15 is 0 Å². The zero-order valence-electron chi connectivity index (χ0n) is 14.8. The Hall–Kier alpha value is -0.810. The summed E-state index contributed by atoms with van der Waals surface area (Å²) in [5.41, 5.74) is -0.990. The van der Waals surface area contributed by atoms with E-state index in [1.165, 1.54) is 0 Å². The minimum Gasteiger partial charge on any atom is -0.490 e. The van der Waals surface area contributed by atoms with E-state index in [0.29, 0.717) is 36.6 Å². The highest BCUT2D eigenvalue weighted by molar-refractivity contribution is 6.30. The van der Waals surface area contributed by atoms with Gasteiger partial charge in [-0.1, -0.05) is 38.3 Å². The lowest BCUT2D eigenvalue weighted by Gasteiger charge is -2.35. The molecule has 5 heteroatoms. The van der Waals surface area contributed by atoms with Crippen LogP contribution in [0, 0.1) is 0 Å². The minimum absolute atomic E-state index is 0.218. The summed E-state index contributed by atoms with van der Waals surface area (Å²) in [5, 5.41) is 11.7. The van der Waals surface area contributed by atoms with Crippen LogP contribution in [0.5, 0.6) is 5.75 Å². The van der Waals surface area contributed by atoms with Gasteiger partial charge in [-0.25, -0.2) is 0 Å². The van der Waals surface area contributed by atoms with Crippen LogP contribution in [0.15, 0.2) is 24.3 Å². The molecule has 0 aliphatic carbocycles. The highest BCUT2D eigenvalue weighted by Gasteiger charge is 2.35. The Morgan fingerprint density at radius 3 is 2.54 bits per heavy atom. The van der Waals surface area contributed by atoms with E-state index in [9.17, 15) is 5.11 Å². The molecule has 0 bridgehead atoms. The predicted molar refractivity (Wildman–Crippen MR) is 97.9 cm³/mol. The molecule has 136 valence electrons. The van der Waals surface area contributed by atoms with Crippen LogP contribution in [0.1, 0.15) is 39.5 Å². The first-order valence-electron chi connectivity index (χ1n) is 8.99. The van der Waals surface area contributed by atoms with E-state index in [1.807, 2.05) is 12.1 Å². The molecule has 4 nitrogen and oxygen atoms in total. The largest absolute Gasteiger partial charge is 0.490 e. The first-order valence-corrected chi connectivity index (χ1v) is 9.36. The quantitative estimate of drug-likeness (QED) is 0.771. The number of benzene rings is 1. The van der Waals surface area contributed by atoms with E-state index < -0.39 is 5.60 Å². The van der Waals surface area contributed by atoms with E-state index in [2.05, 4.69) is 18.7 Å². The second-order valence-corrected chi connectivity index (χ2v) is 7.16. The van der Waals surface area contributed by atoms with E-state index in [0.717, 1.165) is 32.2 Å². The van der Waals surface area contributed by atoms with Gasteiger partial charge in [0, 0.05) is 24.2 Å². The molecule has 1 fully saturated rings. The molecule has 1 saturated heterocycles. The Morgan fingerprint density at radius 2 is 1.92 bits per heavy atom. The van der Waals surface area contributed by atoms with Crippen molar-refractivity contribution < 1.29 is 14.6 Å². The second kappa shape index (κ2) is 9.62. The number of hydrogen-bond acceptors (Lipinski definition) is 4. The lowest BCUT2D eigenvalue weighted by atomic mass is 10.0. The average molecular weight is 356 g/mol. The molecule has 0 saturated carbocycles. The van der Waals surface area contributed by atoms with Crippen molar-refractivity contribution in [3.63, 3.8) is 0 Å². The monoisotopic (exact) mass is 355 g/mol. The summed E-state index contributed by atoms with van der Waals surface area (Å²) in [5.74, 6) is 0.710. The molecule has 1 atom stereocenters. The summed E-state index contributed by atoms with van der Waals surface area (Å²) in [6, 6.07) is 7.71. The maximum Gasteiger partial charge on any atom is 0.134 e. The Kier molecular flexibility index (Phi) is 7.82. The Morgan fingerprint density at radius 1 is 1.25 bits per heavy atom. The molecule has 1 N–H and O–H groups in total. The number of halogens is 1. The van der Waals surface area contributed by atoms with Crippen molar-refractivity contribution in [1.29, 1.82) is 0 Å². The fraction of sp³-hybridized carbons (Fsp3) is 0.684. The molecular weight excluding hydrogens is 326 g/mol. The molecule has 2 rings (SSSR count). The van der Waals surface area contributed by atoms with Crippen molar-refractivity contribution in [1.82, 2.24) is 4.90 Å². The summed E-state index contributed by atoms with van der Waals surface area (Å²) in [6.45, 7) is 7.07. The first-order chi connectivity index (χ1) is 11.6. The fourth-order valence-corrected chi connectivity index (χ4v) is 3.40. The molecule has 0 unspecified atom stereocenters. The van der Waals surface area contributed by atoms with Crippen molar-refractivity contribution in [2.24, 2.45) is 0 Å². The zero-order valence-corrected chi connectivity index (χ0v) is 15.6. The molecule has 0 aromatic heterocycles. The van der Waals surface area contributed by atoms with Crippen molar-refractivity contribution in [3.05, 3.63) is 29.3 Å². The standard InChI is InChI=1S/C19H30ClNO3/c1-3-5-17(6-4-2)21-11-12-23-14-19(22,13-21)15-24-18-9-7-16(20)8-10-18/h7-10,17,22H,3-6,11-15H2,1-2H3/t19-/m0/s1. The van der Waals surface area contributed by atoms with Gasteiger partial charge in [0.15, 0.2) is 0 Å². The van der Waals surface area contributed by atoms with Crippen LogP contribution in [0.2, 0.25) is 5.02 Å². The molecule has 1 heterocycles. The van der Waals surface area contributed by atoms with Crippen LogP contribution in [0.4, 0.5) is 0 Å². The summed E-state index contributed by atoms with van der Waals surface area (Å²) in [6.07, 6.45) is 4.62. The molecule has 0 radical (unpaired) electrons. The third-order valence-electron chi connectivity index (χ3n) is 4.47. The third-order valence-corrected chi connectivity index (χ3v) is 4.72. The molecule has 0 amide bonds. The lowest BCUT2D eigenvalue weighted by molar-refractivity contribution is -0.0676. The van der Waals surface area contributed by atoms with Crippen LogP contribution in [-0.2, 0) is 4.74 Å². The number of ether oxygens (including phenoxy) is 2. The van der Waals surface area contributed by atoms with Crippen LogP contribution in [0.3, 0.4) is 0 Å². The number of β-amino-alcohol motifs (C(OH)–C–C–N with tert-alkyl or cyclic N) is 1.